The number of nitrogens with zero attached hydrogens (tertiary/aromatic N) is 2. The molecule has 1 aliphatic heterocycles. The molecule has 0 unspecified atom stereocenters. The number of nitrogens with one attached hydrogen (secondary N) is 1. The van der Waals surface area contributed by atoms with Crippen molar-refractivity contribution in [3.8, 4) is 0 Å². The molecule has 0 aromatic heterocycles. The smallest absolute Gasteiger partial charge is 0.325 e. The first-order valence-electron chi connectivity index (χ1n) is 9.64. The Kier molecular flexibility index (Phi) is 7.05. The highest BCUT2D eigenvalue weighted by Crippen LogP contribution is 2.31. The summed E-state index contributed by atoms with van der Waals surface area (Å²) in [6, 6.07) is 7.37. The summed E-state index contributed by atoms with van der Waals surface area (Å²) in [6.45, 7) is 0.163. The number of carbonyl (C=O) groups excluding carboxylic acids is 1. The molecule has 180 valence electrons. The fourth-order valence-corrected chi connectivity index (χ4v) is 4.69. The van der Waals surface area contributed by atoms with Crippen molar-refractivity contribution >= 4 is 21.6 Å². The molecule has 0 bridgehead atoms. The molecule has 0 spiro atoms. The van der Waals surface area contributed by atoms with E-state index in [4.69, 9.17) is 0 Å². The van der Waals surface area contributed by atoms with Gasteiger partial charge in [-0.25, -0.2) is 8.42 Å². The van der Waals surface area contributed by atoms with Gasteiger partial charge in [0.25, 0.3) is 0 Å². The van der Waals surface area contributed by atoms with Crippen LogP contribution in [0.15, 0.2) is 53.4 Å². The number of amides is 1. The van der Waals surface area contributed by atoms with Crippen molar-refractivity contribution in [1.82, 2.24) is 9.21 Å². The number of benzene rings is 2. The van der Waals surface area contributed by atoms with Gasteiger partial charge in [0, 0.05) is 31.9 Å². The first kappa shape index (κ1) is 25.0. The van der Waals surface area contributed by atoms with Gasteiger partial charge < -0.3 is 5.32 Å². The second-order valence-electron chi connectivity index (χ2n) is 7.33. The molecule has 1 N–H and O–H groups in total. The molecule has 1 amide bonds. The van der Waals surface area contributed by atoms with Gasteiger partial charge in [0.05, 0.1) is 22.6 Å². The summed E-state index contributed by atoms with van der Waals surface area (Å²) in [5.41, 5.74) is -1.88. The molecule has 1 saturated heterocycles. The largest absolute Gasteiger partial charge is 0.416 e. The summed E-state index contributed by atoms with van der Waals surface area (Å²) in [5, 5.41) is 2.38. The van der Waals surface area contributed by atoms with Crippen LogP contribution in [-0.4, -0.2) is 56.3 Å². The molecule has 0 aliphatic carbocycles. The van der Waals surface area contributed by atoms with E-state index in [1.165, 1.54) is 12.1 Å². The van der Waals surface area contributed by atoms with Gasteiger partial charge in [-0.3, -0.25) is 9.69 Å². The van der Waals surface area contributed by atoms with Gasteiger partial charge in [-0.2, -0.15) is 30.6 Å². The Morgan fingerprint density at radius 3 is 1.97 bits per heavy atom. The lowest BCUT2D eigenvalue weighted by Gasteiger charge is -2.33. The van der Waals surface area contributed by atoms with Gasteiger partial charge in [-0.1, -0.05) is 6.07 Å². The number of sulfonamides is 1. The van der Waals surface area contributed by atoms with Crippen molar-refractivity contribution in [3.05, 3.63) is 59.7 Å². The maximum Gasteiger partial charge on any atom is 0.416 e. The molecule has 0 atom stereocenters. The lowest BCUT2D eigenvalue weighted by atomic mass is 10.2. The fourth-order valence-electron chi connectivity index (χ4n) is 3.27. The van der Waals surface area contributed by atoms with E-state index in [-0.39, 0.29) is 43.3 Å². The van der Waals surface area contributed by atoms with Crippen molar-refractivity contribution < 1.29 is 39.6 Å². The number of anilines is 1. The van der Waals surface area contributed by atoms with E-state index in [2.05, 4.69) is 5.32 Å². The number of piperazine rings is 1. The van der Waals surface area contributed by atoms with Crippen LogP contribution in [0.2, 0.25) is 0 Å². The van der Waals surface area contributed by atoms with E-state index in [1.807, 2.05) is 0 Å². The number of hydrogen-bond acceptors (Lipinski definition) is 4. The minimum Gasteiger partial charge on any atom is -0.325 e. The van der Waals surface area contributed by atoms with E-state index >= 15 is 0 Å². The van der Waals surface area contributed by atoms with Crippen molar-refractivity contribution in [1.29, 1.82) is 0 Å². The molecule has 1 heterocycles. The summed E-state index contributed by atoms with van der Waals surface area (Å²) in [4.78, 5) is 13.6. The van der Waals surface area contributed by atoms with E-state index in [0.717, 1.165) is 28.6 Å². The standard InChI is InChI=1S/C20H19F6N3O3S/c21-19(22,23)14-4-6-17(7-5-14)33(31,32)29-10-8-28(9-11-29)13-18(30)27-16-3-1-2-15(12-16)20(24,25)26/h1-7,12H,8-11,13H2,(H,27,30). The van der Waals surface area contributed by atoms with Gasteiger partial charge in [0.2, 0.25) is 15.9 Å². The Hall–Kier alpha value is -2.64. The van der Waals surface area contributed by atoms with Crippen LogP contribution in [0.5, 0.6) is 0 Å². The van der Waals surface area contributed by atoms with Crippen molar-refractivity contribution in [2.45, 2.75) is 17.2 Å². The molecule has 3 rings (SSSR count). The van der Waals surface area contributed by atoms with Gasteiger partial charge in [-0.05, 0) is 42.5 Å². The molecular weight excluding hydrogens is 476 g/mol. The van der Waals surface area contributed by atoms with Crippen molar-refractivity contribution in [3.63, 3.8) is 0 Å². The maximum atomic E-state index is 12.8. The molecule has 0 saturated carbocycles. The average Bonchev–Trinajstić information content (AvgIpc) is 2.73. The Balaban J connectivity index is 1.56. The number of halogens is 6. The average molecular weight is 495 g/mol. The number of rotatable bonds is 5. The van der Waals surface area contributed by atoms with Crippen LogP contribution in [-0.2, 0) is 27.2 Å². The van der Waals surface area contributed by atoms with E-state index in [0.29, 0.717) is 12.1 Å². The quantitative estimate of drug-likeness (QED) is 0.643. The summed E-state index contributed by atoms with van der Waals surface area (Å²) in [7, 11) is -4.01. The van der Waals surface area contributed by atoms with Gasteiger partial charge in [0.1, 0.15) is 0 Å². The Labute approximate surface area is 185 Å². The van der Waals surface area contributed by atoms with Crippen molar-refractivity contribution in [2.75, 3.05) is 38.0 Å². The minimum atomic E-state index is -4.58. The molecule has 1 aliphatic rings. The zero-order chi connectivity index (χ0) is 24.4. The van der Waals surface area contributed by atoms with Crippen LogP contribution < -0.4 is 5.32 Å². The Morgan fingerprint density at radius 2 is 1.42 bits per heavy atom. The number of hydrogen-bond donors (Lipinski definition) is 1. The SMILES string of the molecule is O=C(CN1CCN(S(=O)(=O)c2ccc(C(F)(F)F)cc2)CC1)Nc1cccc(C(F)(F)F)c1. The topological polar surface area (TPSA) is 69.7 Å². The molecule has 6 nitrogen and oxygen atoms in total. The van der Waals surface area contributed by atoms with Crippen LogP contribution in [0, 0.1) is 0 Å². The third kappa shape index (κ3) is 6.24. The highest BCUT2D eigenvalue weighted by atomic mass is 32.2. The first-order chi connectivity index (χ1) is 15.3. The molecule has 33 heavy (non-hydrogen) atoms. The van der Waals surface area contributed by atoms with Gasteiger partial charge in [0.15, 0.2) is 0 Å². The molecule has 2 aromatic carbocycles. The van der Waals surface area contributed by atoms with Crippen LogP contribution >= 0.6 is 0 Å². The van der Waals surface area contributed by atoms with Crippen LogP contribution in [0.25, 0.3) is 0 Å². The Bertz CT molecular complexity index is 1090. The predicted molar refractivity (Wildman–Crippen MR) is 107 cm³/mol. The molecule has 1 fully saturated rings. The predicted octanol–water partition coefficient (Wildman–Crippen LogP) is 3.67. The normalized spacial score (nSPS) is 16.5. The second kappa shape index (κ2) is 9.31. The van der Waals surface area contributed by atoms with E-state index in [1.54, 1.807) is 4.90 Å². The zero-order valence-corrected chi connectivity index (χ0v) is 17.8. The second-order valence-corrected chi connectivity index (χ2v) is 9.27. The summed E-state index contributed by atoms with van der Waals surface area (Å²) < 4.78 is 103. The van der Waals surface area contributed by atoms with Crippen LogP contribution in [0.1, 0.15) is 11.1 Å². The summed E-state index contributed by atoms with van der Waals surface area (Å²) in [5.74, 6) is -0.562. The number of alkyl halides is 6. The monoisotopic (exact) mass is 495 g/mol. The van der Waals surface area contributed by atoms with E-state index in [9.17, 15) is 39.6 Å². The van der Waals surface area contributed by atoms with Crippen molar-refractivity contribution in [2.24, 2.45) is 0 Å². The van der Waals surface area contributed by atoms with Gasteiger partial charge >= 0.3 is 12.4 Å². The molecule has 13 heteroatoms. The lowest BCUT2D eigenvalue weighted by Crippen LogP contribution is -2.50. The Morgan fingerprint density at radius 1 is 0.848 bits per heavy atom. The minimum absolute atomic E-state index is 0.000193. The summed E-state index contributed by atoms with van der Waals surface area (Å²) >= 11 is 0. The van der Waals surface area contributed by atoms with E-state index < -0.39 is 39.4 Å². The van der Waals surface area contributed by atoms with Crippen LogP contribution in [0.3, 0.4) is 0 Å². The first-order valence-corrected chi connectivity index (χ1v) is 11.1. The zero-order valence-electron chi connectivity index (χ0n) is 16.9. The highest BCUT2D eigenvalue weighted by Gasteiger charge is 2.33. The van der Waals surface area contributed by atoms with Crippen LogP contribution in [0.4, 0.5) is 32.0 Å². The highest BCUT2D eigenvalue weighted by molar-refractivity contribution is 7.89. The lowest BCUT2D eigenvalue weighted by molar-refractivity contribution is -0.138. The third-order valence-corrected chi connectivity index (χ3v) is 6.90. The molecule has 0 radical (unpaired) electrons. The maximum absolute atomic E-state index is 12.8. The third-order valence-electron chi connectivity index (χ3n) is 4.99. The fraction of sp³-hybridized carbons (Fsp3) is 0.350. The molecule has 2 aromatic rings. The van der Waals surface area contributed by atoms with Gasteiger partial charge in [-0.15, -0.1) is 0 Å². The summed E-state index contributed by atoms with van der Waals surface area (Å²) in [6.07, 6.45) is -9.13. The number of carbonyl (C=O) groups is 1. The molecular formula is C20H19F6N3O3S.